The van der Waals surface area contributed by atoms with Gasteiger partial charge in [0.2, 0.25) is 5.91 Å². The molecule has 25 heavy (non-hydrogen) atoms. The van der Waals surface area contributed by atoms with Gasteiger partial charge >= 0.3 is 0 Å². The Morgan fingerprint density at radius 1 is 1.16 bits per heavy atom. The summed E-state index contributed by atoms with van der Waals surface area (Å²) in [6.45, 7) is 2.82. The minimum absolute atomic E-state index is 0.00563. The number of carbonyl (C=O) groups excluding carboxylic acids is 1. The maximum absolute atomic E-state index is 12.3. The highest BCUT2D eigenvalue weighted by atomic mass is 35.5. The number of ether oxygens (including phenoxy) is 2. The SMILES string of the molecule is CC[C@H](Sc1ccc(Cl)cc1)C(=O)NCCOc1ccccc1OC. The maximum atomic E-state index is 12.3. The average Bonchev–Trinajstić information content (AvgIpc) is 2.64. The van der Waals surface area contributed by atoms with E-state index in [1.807, 2.05) is 55.5 Å². The Balaban J connectivity index is 1.78. The van der Waals surface area contributed by atoms with Crippen LogP contribution in [0.25, 0.3) is 0 Å². The van der Waals surface area contributed by atoms with Crippen LogP contribution in [-0.4, -0.2) is 31.4 Å². The minimum atomic E-state index is -0.146. The predicted molar refractivity (Wildman–Crippen MR) is 103 cm³/mol. The first-order valence-corrected chi connectivity index (χ1v) is 9.35. The molecule has 1 amide bonds. The molecule has 0 unspecified atom stereocenters. The van der Waals surface area contributed by atoms with Crippen molar-refractivity contribution in [3.05, 3.63) is 53.6 Å². The lowest BCUT2D eigenvalue weighted by Gasteiger charge is -2.15. The molecule has 0 heterocycles. The molecule has 2 aromatic rings. The van der Waals surface area contributed by atoms with Crippen LogP contribution in [0.1, 0.15) is 13.3 Å². The van der Waals surface area contributed by atoms with Crippen molar-refractivity contribution in [1.82, 2.24) is 5.32 Å². The third-order valence-corrected chi connectivity index (χ3v) is 5.11. The lowest BCUT2D eigenvalue weighted by atomic mass is 10.3. The van der Waals surface area contributed by atoms with E-state index in [-0.39, 0.29) is 11.2 Å². The van der Waals surface area contributed by atoms with Crippen LogP contribution in [0.5, 0.6) is 11.5 Å². The highest BCUT2D eigenvalue weighted by Crippen LogP contribution is 2.27. The molecule has 0 fully saturated rings. The second kappa shape index (κ2) is 10.2. The van der Waals surface area contributed by atoms with Crippen molar-refractivity contribution in [2.45, 2.75) is 23.5 Å². The van der Waals surface area contributed by atoms with Gasteiger partial charge in [0, 0.05) is 9.92 Å². The van der Waals surface area contributed by atoms with E-state index in [0.717, 1.165) is 11.3 Å². The average molecular weight is 380 g/mol. The molecule has 0 aromatic heterocycles. The lowest BCUT2D eigenvalue weighted by Crippen LogP contribution is -2.35. The van der Waals surface area contributed by atoms with Crippen LogP contribution in [0.15, 0.2) is 53.4 Å². The second-order valence-corrected chi connectivity index (χ2v) is 6.97. The Bertz CT molecular complexity index is 679. The van der Waals surface area contributed by atoms with E-state index in [4.69, 9.17) is 21.1 Å². The van der Waals surface area contributed by atoms with Crippen molar-refractivity contribution in [1.29, 1.82) is 0 Å². The van der Waals surface area contributed by atoms with Crippen LogP contribution in [0, 0.1) is 0 Å². The fraction of sp³-hybridized carbons (Fsp3) is 0.316. The Hall–Kier alpha value is -1.85. The Morgan fingerprint density at radius 2 is 1.84 bits per heavy atom. The quantitative estimate of drug-likeness (QED) is 0.517. The van der Waals surface area contributed by atoms with Crippen molar-refractivity contribution >= 4 is 29.3 Å². The van der Waals surface area contributed by atoms with Crippen molar-refractivity contribution in [2.75, 3.05) is 20.3 Å². The molecule has 0 radical (unpaired) electrons. The number of halogens is 1. The first-order valence-electron chi connectivity index (χ1n) is 8.09. The number of rotatable bonds is 9. The van der Waals surface area contributed by atoms with Crippen molar-refractivity contribution < 1.29 is 14.3 Å². The Morgan fingerprint density at radius 3 is 2.48 bits per heavy atom. The van der Waals surface area contributed by atoms with E-state index < -0.39 is 0 Å². The first-order chi connectivity index (χ1) is 12.1. The highest BCUT2D eigenvalue weighted by molar-refractivity contribution is 8.00. The molecule has 2 rings (SSSR count). The van der Waals surface area contributed by atoms with Crippen LogP contribution in [-0.2, 0) is 4.79 Å². The molecule has 0 saturated carbocycles. The molecular formula is C19H22ClNO3S. The molecule has 0 spiro atoms. The minimum Gasteiger partial charge on any atom is -0.493 e. The molecule has 1 atom stereocenters. The lowest BCUT2D eigenvalue weighted by molar-refractivity contribution is -0.120. The van der Waals surface area contributed by atoms with E-state index in [0.29, 0.717) is 29.7 Å². The zero-order valence-corrected chi connectivity index (χ0v) is 15.9. The van der Waals surface area contributed by atoms with Gasteiger partial charge in [-0.25, -0.2) is 0 Å². The summed E-state index contributed by atoms with van der Waals surface area (Å²) in [5, 5.41) is 3.47. The number of thioether (sulfide) groups is 1. The van der Waals surface area contributed by atoms with Crippen LogP contribution in [0.2, 0.25) is 5.02 Å². The Kier molecular flexibility index (Phi) is 7.95. The van der Waals surface area contributed by atoms with E-state index >= 15 is 0 Å². The first kappa shape index (κ1) is 19.5. The molecule has 0 aliphatic heterocycles. The standard InChI is InChI=1S/C19H22ClNO3S/c1-3-18(25-15-10-8-14(20)9-11-15)19(22)21-12-13-24-17-7-5-4-6-16(17)23-2/h4-11,18H,3,12-13H2,1-2H3,(H,21,22)/t18-/m0/s1. The van der Waals surface area contributed by atoms with Gasteiger partial charge in [-0.05, 0) is 42.8 Å². The Labute approximate surface area is 157 Å². The van der Waals surface area contributed by atoms with Gasteiger partial charge in [-0.1, -0.05) is 30.7 Å². The number of para-hydroxylation sites is 2. The summed E-state index contributed by atoms with van der Waals surface area (Å²) >= 11 is 7.42. The molecule has 2 aromatic carbocycles. The topological polar surface area (TPSA) is 47.6 Å². The third-order valence-electron chi connectivity index (χ3n) is 3.48. The number of carbonyl (C=O) groups is 1. The fourth-order valence-corrected chi connectivity index (χ4v) is 3.29. The number of hydrogen-bond acceptors (Lipinski definition) is 4. The van der Waals surface area contributed by atoms with E-state index in [1.54, 1.807) is 7.11 Å². The molecule has 6 heteroatoms. The molecule has 0 aliphatic rings. The molecule has 0 saturated heterocycles. The number of benzene rings is 2. The van der Waals surface area contributed by atoms with Gasteiger partial charge in [0.05, 0.1) is 18.9 Å². The largest absolute Gasteiger partial charge is 0.493 e. The van der Waals surface area contributed by atoms with Crippen LogP contribution in [0.3, 0.4) is 0 Å². The number of methoxy groups -OCH3 is 1. The normalized spacial score (nSPS) is 11.6. The molecule has 0 bridgehead atoms. The molecule has 134 valence electrons. The van der Waals surface area contributed by atoms with Crippen molar-refractivity contribution in [3.63, 3.8) is 0 Å². The summed E-state index contributed by atoms with van der Waals surface area (Å²) in [5.74, 6) is 1.35. The van der Waals surface area contributed by atoms with Crippen LogP contribution < -0.4 is 14.8 Å². The number of nitrogens with one attached hydrogen (secondary N) is 1. The zero-order valence-electron chi connectivity index (χ0n) is 14.3. The monoisotopic (exact) mass is 379 g/mol. The highest BCUT2D eigenvalue weighted by Gasteiger charge is 2.17. The summed E-state index contributed by atoms with van der Waals surface area (Å²) in [7, 11) is 1.60. The summed E-state index contributed by atoms with van der Waals surface area (Å²) in [4.78, 5) is 13.4. The summed E-state index contributed by atoms with van der Waals surface area (Å²) in [6, 6.07) is 14.9. The second-order valence-electron chi connectivity index (χ2n) is 5.26. The van der Waals surface area contributed by atoms with E-state index in [9.17, 15) is 4.79 Å². The van der Waals surface area contributed by atoms with Crippen LogP contribution in [0.4, 0.5) is 0 Å². The van der Waals surface area contributed by atoms with Gasteiger partial charge in [-0.2, -0.15) is 0 Å². The zero-order chi connectivity index (χ0) is 18.1. The maximum Gasteiger partial charge on any atom is 0.233 e. The predicted octanol–water partition coefficient (Wildman–Crippen LogP) is 4.41. The molecule has 4 nitrogen and oxygen atoms in total. The van der Waals surface area contributed by atoms with E-state index in [2.05, 4.69) is 5.32 Å². The van der Waals surface area contributed by atoms with E-state index in [1.165, 1.54) is 11.8 Å². The summed E-state index contributed by atoms with van der Waals surface area (Å²) in [6.07, 6.45) is 0.743. The summed E-state index contributed by atoms with van der Waals surface area (Å²) < 4.78 is 10.9. The molecule has 1 N–H and O–H groups in total. The van der Waals surface area contributed by atoms with Gasteiger partial charge in [0.25, 0.3) is 0 Å². The molecule has 0 aliphatic carbocycles. The van der Waals surface area contributed by atoms with Crippen molar-refractivity contribution in [2.24, 2.45) is 0 Å². The van der Waals surface area contributed by atoms with Crippen molar-refractivity contribution in [3.8, 4) is 11.5 Å². The molecular weight excluding hydrogens is 358 g/mol. The summed E-state index contributed by atoms with van der Waals surface area (Å²) in [5.41, 5.74) is 0. The van der Waals surface area contributed by atoms with Crippen LogP contribution >= 0.6 is 23.4 Å². The van der Waals surface area contributed by atoms with Gasteiger partial charge in [-0.3, -0.25) is 4.79 Å². The number of amides is 1. The van der Waals surface area contributed by atoms with Gasteiger partial charge in [0.1, 0.15) is 6.61 Å². The fourth-order valence-electron chi connectivity index (χ4n) is 2.19. The van der Waals surface area contributed by atoms with Gasteiger partial charge in [-0.15, -0.1) is 11.8 Å². The third kappa shape index (κ3) is 6.18. The van der Waals surface area contributed by atoms with Gasteiger partial charge in [0.15, 0.2) is 11.5 Å². The smallest absolute Gasteiger partial charge is 0.233 e. The number of hydrogen-bond donors (Lipinski definition) is 1. The van der Waals surface area contributed by atoms with Gasteiger partial charge < -0.3 is 14.8 Å².